The smallest absolute Gasteiger partial charge is 0.253 e. The fourth-order valence-electron chi connectivity index (χ4n) is 4.96. The zero-order valence-corrected chi connectivity index (χ0v) is 23.5. The summed E-state index contributed by atoms with van der Waals surface area (Å²) in [7, 11) is -2.18. The van der Waals surface area contributed by atoms with E-state index in [0.717, 1.165) is 30.4 Å². The highest BCUT2D eigenvalue weighted by Crippen LogP contribution is 2.37. The van der Waals surface area contributed by atoms with Gasteiger partial charge in [-0.3, -0.25) is 4.79 Å². The molecule has 1 saturated heterocycles. The standard InChI is InChI=1S/C30H38N4O4S/c1-3-4-11-19-32(2)34(30(35)28(24-13-7-5-8-14-24)25-15-9-6-10-16-25)27-18-12-17-26(31)29(27)39(36,37)33-20-22-38-23-21-33/h5-10,12-18,28H,3-4,11,19-23,31H2,1-2H3. The third kappa shape index (κ3) is 6.50. The first-order valence-corrected chi connectivity index (χ1v) is 14.9. The van der Waals surface area contributed by atoms with Crippen LogP contribution in [-0.4, -0.2) is 63.5 Å². The van der Waals surface area contributed by atoms with Gasteiger partial charge in [0.25, 0.3) is 5.91 Å². The van der Waals surface area contributed by atoms with Crippen molar-refractivity contribution < 1.29 is 17.9 Å². The molecule has 0 bridgehead atoms. The largest absolute Gasteiger partial charge is 0.398 e. The highest BCUT2D eigenvalue weighted by molar-refractivity contribution is 7.89. The van der Waals surface area contributed by atoms with Gasteiger partial charge in [-0.1, -0.05) is 86.5 Å². The van der Waals surface area contributed by atoms with Crippen LogP contribution in [0.4, 0.5) is 11.4 Å². The highest BCUT2D eigenvalue weighted by Gasteiger charge is 2.37. The molecule has 4 rings (SSSR count). The number of hydrogen-bond acceptors (Lipinski definition) is 6. The average molecular weight is 551 g/mol. The number of amides is 1. The van der Waals surface area contributed by atoms with Gasteiger partial charge in [-0.25, -0.2) is 18.4 Å². The molecule has 39 heavy (non-hydrogen) atoms. The van der Waals surface area contributed by atoms with E-state index in [0.29, 0.717) is 19.8 Å². The molecule has 2 N–H and O–H groups in total. The number of anilines is 2. The van der Waals surface area contributed by atoms with Crippen molar-refractivity contribution in [1.29, 1.82) is 0 Å². The summed E-state index contributed by atoms with van der Waals surface area (Å²) in [5.41, 5.74) is 8.38. The Bertz CT molecular complexity index is 1290. The summed E-state index contributed by atoms with van der Waals surface area (Å²) >= 11 is 0. The summed E-state index contributed by atoms with van der Waals surface area (Å²) in [5, 5.41) is 3.34. The number of rotatable bonds is 11. The van der Waals surface area contributed by atoms with Crippen LogP contribution in [0.5, 0.6) is 0 Å². The molecule has 0 spiro atoms. The minimum absolute atomic E-state index is 0.0533. The lowest BCUT2D eigenvalue weighted by Gasteiger charge is -2.37. The number of carbonyl (C=O) groups excluding carboxylic acids is 1. The van der Waals surface area contributed by atoms with E-state index in [1.54, 1.807) is 18.2 Å². The van der Waals surface area contributed by atoms with Gasteiger partial charge in [-0.05, 0) is 29.7 Å². The van der Waals surface area contributed by atoms with E-state index >= 15 is 0 Å². The summed E-state index contributed by atoms with van der Waals surface area (Å²) in [6.07, 6.45) is 2.86. The first kappa shape index (κ1) is 28.8. The van der Waals surface area contributed by atoms with Crippen LogP contribution >= 0.6 is 0 Å². The number of unbranched alkanes of at least 4 members (excludes halogenated alkanes) is 2. The minimum atomic E-state index is -4.01. The third-order valence-corrected chi connectivity index (χ3v) is 8.97. The first-order chi connectivity index (χ1) is 18.9. The van der Waals surface area contributed by atoms with Gasteiger partial charge in [0.15, 0.2) is 0 Å². The Morgan fingerprint density at radius 2 is 1.51 bits per heavy atom. The first-order valence-electron chi connectivity index (χ1n) is 13.5. The van der Waals surface area contributed by atoms with Crippen molar-refractivity contribution in [1.82, 2.24) is 9.31 Å². The van der Waals surface area contributed by atoms with Crippen LogP contribution in [-0.2, 0) is 19.6 Å². The molecule has 1 aliphatic rings. The molecular weight excluding hydrogens is 512 g/mol. The Hall–Kier alpha value is -3.24. The Kier molecular flexibility index (Phi) is 9.74. The maximum absolute atomic E-state index is 14.7. The second-order valence-corrected chi connectivity index (χ2v) is 11.6. The number of hydrazine groups is 1. The van der Waals surface area contributed by atoms with Crippen molar-refractivity contribution >= 4 is 27.3 Å². The van der Waals surface area contributed by atoms with Crippen LogP contribution < -0.4 is 10.7 Å². The Morgan fingerprint density at radius 3 is 2.08 bits per heavy atom. The van der Waals surface area contributed by atoms with E-state index in [-0.39, 0.29) is 35.3 Å². The fourth-order valence-corrected chi connectivity index (χ4v) is 6.63. The van der Waals surface area contributed by atoms with E-state index < -0.39 is 15.9 Å². The number of carbonyl (C=O) groups is 1. The SMILES string of the molecule is CCCCCN(C)N(C(=O)C(c1ccccc1)c1ccccc1)c1cccc(N)c1S(=O)(=O)N1CCOCC1. The van der Waals surface area contributed by atoms with Gasteiger partial charge in [0, 0.05) is 26.7 Å². The molecule has 0 aromatic heterocycles. The number of benzene rings is 3. The van der Waals surface area contributed by atoms with E-state index in [1.807, 2.05) is 72.7 Å². The molecule has 1 amide bonds. The van der Waals surface area contributed by atoms with Gasteiger partial charge >= 0.3 is 0 Å². The number of hydrogen-bond donors (Lipinski definition) is 1. The molecule has 208 valence electrons. The Labute approximate surface area is 232 Å². The summed E-state index contributed by atoms with van der Waals surface area (Å²) in [6, 6.07) is 24.1. The molecular formula is C30H38N4O4S. The van der Waals surface area contributed by atoms with Crippen molar-refractivity contribution in [2.24, 2.45) is 0 Å². The summed E-state index contributed by atoms with van der Waals surface area (Å²) in [6.45, 7) is 3.77. The van der Waals surface area contributed by atoms with Crippen LogP contribution in [0.2, 0.25) is 0 Å². The molecule has 3 aromatic carbocycles. The molecule has 1 fully saturated rings. The summed E-state index contributed by atoms with van der Waals surface area (Å²) in [5.74, 6) is -0.906. The van der Waals surface area contributed by atoms with Crippen molar-refractivity contribution in [2.45, 2.75) is 37.0 Å². The summed E-state index contributed by atoms with van der Waals surface area (Å²) < 4.78 is 34.7. The molecule has 3 aromatic rings. The lowest BCUT2D eigenvalue weighted by molar-refractivity contribution is -0.122. The predicted octanol–water partition coefficient (Wildman–Crippen LogP) is 4.49. The van der Waals surface area contributed by atoms with E-state index in [9.17, 15) is 13.2 Å². The van der Waals surface area contributed by atoms with Gasteiger partial charge < -0.3 is 10.5 Å². The monoisotopic (exact) mass is 550 g/mol. The van der Waals surface area contributed by atoms with Crippen LogP contribution in [0.15, 0.2) is 83.8 Å². The van der Waals surface area contributed by atoms with Crippen molar-refractivity contribution in [3.05, 3.63) is 90.0 Å². The van der Waals surface area contributed by atoms with Crippen LogP contribution in [0, 0.1) is 0 Å². The van der Waals surface area contributed by atoms with Crippen molar-refractivity contribution in [3.63, 3.8) is 0 Å². The molecule has 0 aliphatic carbocycles. The van der Waals surface area contributed by atoms with Gasteiger partial charge in [-0.15, -0.1) is 0 Å². The van der Waals surface area contributed by atoms with Crippen LogP contribution in [0.25, 0.3) is 0 Å². The molecule has 1 aliphatic heterocycles. The molecule has 8 nitrogen and oxygen atoms in total. The quantitative estimate of drug-likeness (QED) is 0.215. The molecule has 0 radical (unpaired) electrons. The van der Waals surface area contributed by atoms with E-state index in [1.165, 1.54) is 9.31 Å². The van der Waals surface area contributed by atoms with Crippen LogP contribution in [0.1, 0.15) is 43.2 Å². The van der Waals surface area contributed by atoms with Gasteiger partial charge in [0.05, 0.1) is 30.5 Å². The highest BCUT2D eigenvalue weighted by atomic mass is 32.2. The normalized spacial score (nSPS) is 14.6. The number of nitrogens with zero attached hydrogens (tertiary/aromatic N) is 3. The zero-order valence-electron chi connectivity index (χ0n) is 22.7. The number of morpholine rings is 1. The predicted molar refractivity (Wildman–Crippen MR) is 155 cm³/mol. The van der Waals surface area contributed by atoms with E-state index in [2.05, 4.69) is 6.92 Å². The third-order valence-electron chi connectivity index (χ3n) is 6.97. The number of nitrogens with two attached hydrogens (primary N) is 1. The number of sulfonamides is 1. The zero-order chi connectivity index (χ0) is 27.8. The van der Waals surface area contributed by atoms with Gasteiger partial charge in [-0.2, -0.15) is 4.31 Å². The maximum atomic E-state index is 14.7. The average Bonchev–Trinajstić information content (AvgIpc) is 2.95. The molecule has 0 unspecified atom stereocenters. The molecule has 1 heterocycles. The molecule has 0 saturated carbocycles. The van der Waals surface area contributed by atoms with Crippen molar-refractivity contribution in [2.75, 3.05) is 50.6 Å². The van der Waals surface area contributed by atoms with E-state index in [4.69, 9.17) is 10.5 Å². The number of nitrogen functional groups attached to an aromatic ring is 1. The van der Waals surface area contributed by atoms with Crippen LogP contribution in [0.3, 0.4) is 0 Å². The van der Waals surface area contributed by atoms with Gasteiger partial charge in [0.1, 0.15) is 4.90 Å². The lowest BCUT2D eigenvalue weighted by Crippen LogP contribution is -2.49. The lowest BCUT2D eigenvalue weighted by atomic mass is 9.90. The molecule has 9 heteroatoms. The second-order valence-electron chi connectivity index (χ2n) is 9.70. The summed E-state index contributed by atoms with van der Waals surface area (Å²) in [4.78, 5) is 14.6. The molecule has 0 atom stereocenters. The fraction of sp³-hybridized carbons (Fsp3) is 0.367. The Morgan fingerprint density at radius 1 is 0.923 bits per heavy atom. The van der Waals surface area contributed by atoms with Gasteiger partial charge in [0.2, 0.25) is 10.0 Å². The van der Waals surface area contributed by atoms with Crippen molar-refractivity contribution in [3.8, 4) is 0 Å². The Balaban J connectivity index is 1.87. The topological polar surface area (TPSA) is 96.2 Å². The maximum Gasteiger partial charge on any atom is 0.253 e. The minimum Gasteiger partial charge on any atom is -0.398 e. The second kappa shape index (κ2) is 13.2. The number of ether oxygens (including phenoxy) is 1.